The molecule has 0 radical (unpaired) electrons. The van der Waals surface area contributed by atoms with Crippen LogP contribution in [0.2, 0.25) is 0 Å². The van der Waals surface area contributed by atoms with Crippen LogP contribution in [0.5, 0.6) is 11.5 Å². The second-order valence-corrected chi connectivity index (χ2v) is 8.64. The smallest absolute Gasteiger partial charge is 0.341 e. The summed E-state index contributed by atoms with van der Waals surface area (Å²) in [6.45, 7) is 5.42. The zero-order valence-corrected chi connectivity index (χ0v) is 18.0. The van der Waals surface area contributed by atoms with E-state index in [1.54, 1.807) is 6.92 Å². The Hall–Kier alpha value is -2.74. The fourth-order valence-electron chi connectivity index (χ4n) is 3.76. The largest absolute Gasteiger partial charge is 0.486 e. The van der Waals surface area contributed by atoms with Crippen molar-refractivity contribution in [3.05, 3.63) is 34.2 Å². The Labute approximate surface area is 179 Å². The number of nitrogens with one attached hydrogen (secondary N) is 2. The number of benzene rings is 1. The van der Waals surface area contributed by atoms with E-state index in [1.807, 2.05) is 18.2 Å². The van der Waals surface area contributed by atoms with Crippen molar-refractivity contribution in [2.45, 2.75) is 33.1 Å². The lowest BCUT2D eigenvalue weighted by Crippen LogP contribution is -2.23. The van der Waals surface area contributed by atoms with Crippen LogP contribution < -0.4 is 20.1 Å². The van der Waals surface area contributed by atoms with E-state index in [4.69, 9.17) is 14.2 Å². The molecule has 30 heavy (non-hydrogen) atoms. The minimum Gasteiger partial charge on any atom is -0.486 e. The summed E-state index contributed by atoms with van der Waals surface area (Å²) in [5.41, 5.74) is 2.32. The SMILES string of the molecule is CCOC(=O)c1c(NC(=O)CNc2ccc3c(c2)OCCO3)sc2c1CCC(C)C2. The van der Waals surface area contributed by atoms with Gasteiger partial charge in [0.1, 0.15) is 18.2 Å². The summed E-state index contributed by atoms with van der Waals surface area (Å²) in [6.07, 6.45) is 2.80. The van der Waals surface area contributed by atoms with Crippen LogP contribution in [0.1, 0.15) is 41.1 Å². The number of carbonyl (C=O) groups is 2. The number of anilines is 2. The fraction of sp³-hybridized carbons (Fsp3) is 0.455. The quantitative estimate of drug-likeness (QED) is 0.677. The summed E-state index contributed by atoms with van der Waals surface area (Å²) in [4.78, 5) is 26.4. The molecule has 2 aromatic rings. The van der Waals surface area contributed by atoms with Crippen molar-refractivity contribution in [1.82, 2.24) is 0 Å². The predicted octanol–water partition coefficient (Wildman–Crippen LogP) is 3.87. The molecule has 1 aliphatic carbocycles. The number of hydrogen-bond acceptors (Lipinski definition) is 7. The normalized spacial score (nSPS) is 17.1. The molecule has 4 rings (SSSR count). The molecule has 1 aliphatic heterocycles. The molecule has 160 valence electrons. The van der Waals surface area contributed by atoms with Crippen LogP contribution in [0.15, 0.2) is 18.2 Å². The van der Waals surface area contributed by atoms with Crippen LogP contribution in [0.4, 0.5) is 10.7 Å². The summed E-state index contributed by atoms with van der Waals surface area (Å²) in [6, 6.07) is 5.48. The van der Waals surface area contributed by atoms with Crippen LogP contribution in [0.3, 0.4) is 0 Å². The van der Waals surface area contributed by atoms with E-state index in [-0.39, 0.29) is 18.4 Å². The van der Waals surface area contributed by atoms with Crippen LogP contribution in [-0.2, 0) is 22.4 Å². The zero-order valence-electron chi connectivity index (χ0n) is 17.2. The molecule has 2 heterocycles. The maximum atomic E-state index is 12.6. The van der Waals surface area contributed by atoms with Gasteiger partial charge in [-0.05, 0) is 49.8 Å². The van der Waals surface area contributed by atoms with Crippen molar-refractivity contribution in [3.8, 4) is 11.5 Å². The molecule has 1 aromatic carbocycles. The highest BCUT2D eigenvalue weighted by atomic mass is 32.1. The Kier molecular flexibility index (Phi) is 6.13. The molecule has 2 aliphatic rings. The van der Waals surface area contributed by atoms with Gasteiger partial charge in [-0.3, -0.25) is 4.79 Å². The van der Waals surface area contributed by atoms with Crippen molar-refractivity contribution in [3.63, 3.8) is 0 Å². The third-order valence-corrected chi connectivity index (χ3v) is 6.41. The Morgan fingerprint density at radius 1 is 1.23 bits per heavy atom. The summed E-state index contributed by atoms with van der Waals surface area (Å²) in [5.74, 6) is 1.36. The maximum absolute atomic E-state index is 12.6. The Bertz CT molecular complexity index is 955. The van der Waals surface area contributed by atoms with Crippen molar-refractivity contribution in [2.24, 2.45) is 5.92 Å². The lowest BCUT2D eigenvalue weighted by atomic mass is 9.88. The maximum Gasteiger partial charge on any atom is 0.341 e. The minimum atomic E-state index is -0.361. The molecule has 7 nitrogen and oxygen atoms in total. The highest BCUT2D eigenvalue weighted by molar-refractivity contribution is 7.17. The van der Waals surface area contributed by atoms with E-state index in [1.165, 1.54) is 16.2 Å². The molecule has 1 atom stereocenters. The molecule has 0 saturated heterocycles. The van der Waals surface area contributed by atoms with Crippen LogP contribution in [-0.4, -0.2) is 38.2 Å². The third-order valence-electron chi connectivity index (χ3n) is 5.24. The van der Waals surface area contributed by atoms with Gasteiger partial charge in [0.15, 0.2) is 11.5 Å². The van der Waals surface area contributed by atoms with Gasteiger partial charge >= 0.3 is 5.97 Å². The molecular weight excluding hydrogens is 404 g/mol. The van der Waals surface area contributed by atoms with Gasteiger partial charge in [-0.25, -0.2) is 4.79 Å². The van der Waals surface area contributed by atoms with Gasteiger partial charge in [-0.2, -0.15) is 0 Å². The van der Waals surface area contributed by atoms with Gasteiger partial charge in [0.2, 0.25) is 5.91 Å². The van der Waals surface area contributed by atoms with Crippen LogP contribution >= 0.6 is 11.3 Å². The number of ether oxygens (including phenoxy) is 3. The Morgan fingerprint density at radius 3 is 2.83 bits per heavy atom. The molecule has 1 amide bonds. The van der Waals surface area contributed by atoms with E-state index in [0.717, 1.165) is 30.5 Å². The highest BCUT2D eigenvalue weighted by Gasteiger charge is 2.29. The summed E-state index contributed by atoms with van der Waals surface area (Å²) >= 11 is 1.49. The second kappa shape index (κ2) is 8.95. The minimum absolute atomic E-state index is 0.0703. The van der Waals surface area contributed by atoms with Crippen molar-refractivity contribution in [2.75, 3.05) is 37.0 Å². The summed E-state index contributed by atoms with van der Waals surface area (Å²) in [5, 5.41) is 6.60. The first kappa shape index (κ1) is 20.5. The Morgan fingerprint density at radius 2 is 2.03 bits per heavy atom. The van der Waals surface area contributed by atoms with Crippen LogP contribution in [0, 0.1) is 5.92 Å². The first-order chi connectivity index (χ1) is 14.5. The van der Waals surface area contributed by atoms with E-state index in [2.05, 4.69) is 17.6 Å². The van der Waals surface area contributed by atoms with E-state index in [0.29, 0.717) is 47.8 Å². The lowest BCUT2D eigenvalue weighted by Gasteiger charge is -2.19. The predicted molar refractivity (Wildman–Crippen MR) is 116 cm³/mol. The average Bonchev–Trinajstić information content (AvgIpc) is 3.09. The molecule has 8 heteroatoms. The monoisotopic (exact) mass is 430 g/mol. The fourth-order valence-corrected chi connectivity index (χ4v) is 5.18. The molecule has 0 fully saturated rings. The van der Waals surface area contributed by atoms with Gasteiger partial charge in [0.25, 0.3) is 0 Å². The molecule has 2 N–H and O–H groups in total. The number of hydrogen-bond donors (Lipinski definition) is 2. The van der Waals surface area contributed by atoms with E-state index < -0.39 is 0 Å². The van der Waals surface area contributed by atoms with Gasteiger partial charge in [0.05, 0.1) is 18.7 Å². The lowest BCUT2D eigenvalue weighted by molar-refractivity contribution is -0.114. The summed E-state index contributed by atoms with van der Waals surface area (Å²) in [7, 11) is 0. The Balaban J connectivity index is 1.45. The molecule has 0 spiro atoms. The zero-order chi connectivity index (χ0) is 21.1. The van der Waals surface area contributed by atoms with Gasteiger partial charge < -0.3 is 24.8 Å². The number of fused-ring (bicyclic) bond motifs is 2. The standard InChI is InChI=1S/C22H26N2O5S/c1-3-27-22(26)20-15-6-4-13(2)10-18(15)30-21(20)24-19(25)12-23-14-5-7-16-17(11-14)29-9-8-28-16/h5,7,11,13,23H,3-4,6,8-10,12H2,1-2H3,(H,24,25). The first-order valence-electron chi connectivity index (χ1n) is 10.3. The molecular formula is C22H26N2O5S. The van der Waals surface area contributed by atoms with Gasteiger partial charge in [0, 0.05) is 16.6 Å². The topological polar surface area (TPSA) is 85.9 Å². The molecule has 1 unspecified atom stereocenters. The van der Waals surface area contributed by atoms with Crippen LogP contribution in [0.25, 0.3) is 0 Å². The number of carbonyl (C=O) groups excluding carboxylic acids is 2. The van der Waals surface area contributed by atoms with Gasteiger partial charge in [-0.15, -0.1) is 11.3 Å². The highest BCUT2D eigenvalue weighted by Crippen LogP contribution is 2.40. The number of amides is 1. The molecule has 1 aromatic heterocycles. The second-order valence-electron chi connectivity index (χ2n) is 7.54. The number of rotatable bonds is 6. The van der Waals surface area contributed by atoms with E-state index in [9.17, 15) is 9.59 Å². The third kappa shape index (κ3) is 4.38. The molecule has 0 saturated carbocycles. The van der Waals surface area contributed by atoms with E-state index >= 15 is 0 Å². The van der Waals surface area contributed by atoms with Crippen molar-refractivity contribution in [1.29, 1.82) is 0 Å². The van der Waals surface area contributed by atoms with Crippen molar-refractivity contribution >= 4 is 33.9 Å². The van der Waals surface area contributed by atoms with Crippen molar-refractivity contribution < 1.29 is 23.8 Å². The number of esters is 1. The summed E-state index contributed by atoms with van der Waals surface area (Å²) < 4.78 is 16.3. The molecule has 0 bridgehead atoms. The first-order valence-corrected chi connectivity index (χ1v) is 11.1. The number of thiophene rings is 1. The average molecular weight is 431 g/mol. The van der Waals surface area contributed by atoms with Gasteiger partial charge in [-0.1, -0.05) is 6.92 Å².